The highest BCUT2D eigenvalue weighted by molar-refractivity contribution is 7.26. The lowest BCUT2D eigenvalue weighted by molar-refractivity contribution is 1.16. The lowest BCUT2D eigenvalue weighted by atomic mass is 10.0. The molecule has 234 valence electrons. The summed E-state index contributed by atoms with van der Waals surface area (Å²) in [5.74, 6) is -0.113. The summed E-state index contributed by atoms with van der Waals surface area (Å²) in [4.78, 5) is 10.1. The van der Waals surface area contributed by atoms with E-state index >= 15 is 0 Å². The molecule has 3 aromatic heterocycles. The number of rotatable bonds is 5. The SMILES string of the molecule is [2H]c1c([2H])c([2H])c(-n2c3c([2H])c([2H])c([2H])c([2H])c3c3c([2H])c([2H])c([2H])c(-c4nc(-c5ccc(-c6ccccc6)cc5)cc(-c5cccc6c5sc5ccccc56)n4)c32)c([2H])c1[2H]. The molecule has 0 amide bonds. The van der Waals surface area contributed by atoms with Gasteiger partial charge in [0.05, 0.1) is 38.9 Å². The molecule has 0 radical (unpaired) electrons. The molecule has 0 aliphatic heterocycles. The maximum atomic E-state index is 9.52. The number of benzene rings is 7. The molecule has 3 heterocycles. The van der Waals surface area contributed by atoms with Crippen LogP contribution >= 0.6 is 11.3 Å². The van der Waals surface area contributed by atoms with Gasteiger partial charge in [-0.3, -0.25) is 0 Å². The number of nitrogens with zero attached hydrogens (tertiary/aromatic N) is 3. The highest BCUT2D eigenvalue weighted by Crippen LogP contribution is 2.42. The van der Waals surface area contributed by atoms with Gasteiger partial charge in [-0.1, -0.05) is 139 Å². The largest absolute Gasteiger partial charge is 0.309 e. The normalized spacial score (nSPS) is 15.0. The minimum Gasteiger partial charge on any atom is -0.309 e. The van der Waals surface area contributed by atoms with E-state index in [4.69, 9.17) is 23.7 Å². The van der Waals surface area contributed by atoms with E-state index in [-0.39, 0.29) is 33.2 Å². The van der Waals surface area contributed by atoms with Crippen LogP contribution in [0, 0.1) is 0 Å². The van der Waals surface area contributed by atoms with E-state index in [9.17, 15) is 2.74 Å². The Morgan fingerprint density at radius 3 is 2.08 bits per heavy atom. The van der Waals surface area contributed by atoms with Crippen molar-refractivity contribution in [3.63, 3.8) is 0 Å². The zero-order valence-corrected chi connectivity index (χ0v) is 26.9. The zero-order chi connectivity index (χ0) is 43.5. The van der Waals surface area contributed by atoms with Crippen molar-refractivity contribution in [2.45, 2.75) is 0 Å². The van der Waals surface area contributed by atoms with Crippen molar-refractivity contribution in [3.8, 4) is 50.7 Å². The molecule has 0 N–H and O–H groups in total. The topological polar surface area (TPSA) is 30.7 Å². The van der Waals surface area contributed by atoms with Crippen LogP contribution in [0.5, 0.6) is 0 Å². The number of para-hydroxylation sites is 3. The van der Waals surface area contributed by atoms with E-state index in [1.165, 1.54) is 0 Å². The van der Waals surface area contributed by atoms with E-state index in [1.54, 1.807) is 11.3 Å². The van der Waals surface area contributed by atoms with E-state index < -0.39 is 78.2 Å². The summed E-state index contributed by atoms with van der Waals surface area (Å²) in [6.45, 7) is 0. The molecule has 50 heavy (non-hydrogen) atoms. The van der Waals surface area contributed by atoms with Gasteiger partial charge >= 0.3 is 0 Å². The third kappa shape index (κ3) is 4.65. The molecule has 10 rings (SSSR count). The Bertz CT molecular complexity index is 3520. The first-order chi connectivity index (χ1) is 29.8. The average Bonchev–Trinajstić information content (AvgIpc) is 3.85. The van der Waals surface area contributed by atoms with Crippen molar-refractivity contribution in [2.24, 2.45) is 0 Å². The first-order valence-electron chi connectivity index (χ1n) is 21.9. The first kappa shape index (κ1) is 19.0. The summed E-state index contributed by atoms with van der Waals surface area (Å²) >= 11 is 1.59. The predicted octanol–water partition coefficient (Wildman–Crippen LogP) is 12.6. The van der Waals surface area contributed by atoms with Crippen LogP contribution < -0.4 is 0 Å². The van der Waals surface area contributed by atoms with E-state index in [1.807, 2.05) is 103 Å². The van der Waals surface area contributed by atoms with Gasteiger partial charge in [-0.2, -0.15) is 0 Å². The van der Waals surface area contributed by atoms with Crippen molar-refractivity contribution < 1.29 is 16.4 Å². The zero-order valence-electron chi connectivity index (χ0n) is 38.1. The van der Waals surface area contributed by atoms with Crippen LogP contribution in [-0.4, -0.2) is 14.5 Å². The highest BCUT2D eigenvalue weighted by Gasteiger charge is 2.20. The van der Waals surface area contributed by atoms with Crippen LogP contribution in [0.1, 0.15) is 16.4 Å². The van der Waals surface area contributed by atoms with Gasteiger partial charge in [-0.15, -0.1) is 11.3 Å². The minimum atomic E-state index is -0.705. The van der Waals surface area contributed by atoms with Gasteiger partial charge in [-0.25, -0.2) is 9.97 Å². The monoisotopic (exact) mass is 667 g/mol. The summed E-state index contributed by atoms with van der Waals surface area (Å²) in [5.41, 5.74) is 3.13. The second-order valence-corrected chi connectivity index (χ2v) is 12.7. The van der Waals surface area contributed by atoms with Gasteiger partial charge in [0, 0.05) is 53.3 Å². The Balaban J connectivity index is 1.38. The maximum absolute atomic E-state index is 9.52. The van der Waals surface area contributed by atoms with E-state index in [0.717, 1.165) is 41.4 Å². The molecule has 7 aromatic carbocycles. The predicted molar refractivity (Wildman–Crippen MR) is 211 cm³/mol. The molecule has 0 saturated heterocycles. The highest BCUT2D eigenvalue weighted by atomic mass is 32.1. The smallest absolute Gasteiger partial charge is 0.162 e. The van der Waals surface area contributed by atoms with Crippen LogP contribution in [0.2, 0.25) is 0 Å². The third-order valence-corrected chi connectivity index (χ3v) is 10.1. The molecule has 10 aromatic rings. The van der Waals surface area contributed by atoms with Gasteiger partial charge in [0.15, 0.2) is 5.82 Å². The van der Waals surface area contributed by atoms with Crippen LogP contribution in [0.15, 0.2) is 176 Å². The van der Waals surface area contributed by atoms with Crippen molar-refractivity contribution in [2.75, 3.05) is 0 Å². The van der Waals surface area contributed by atoms with Crippen molar-refractivity contribution in [1.82, 2.24) is 14.5 Å². The van der Waals surface area contributed by atoms with Crippen molar-refractivity contribution in [3.05, 3.63) is 176 Å². The molecule has 3 nitrogen and oxygen atoms in total. The van der Waals surface area contributed by atoms with Gasteiger partial charge in [0.1, 0.15) is 0 Å². The molecule has 0 aliphatic rings. The third-order valence-electron chi connectivity index (χ3n) is 8.84. The molecule has 0 saturated carbocycles. The summed E-state index contributed by atoms with van der Waals surface area (Å²) in [5, 5.41) is 1.64. The lowest BCUT2D eigenvalue weighted by Crippen LogP contribution is -1.99. The van der Waals surface area contributed by atoms with E-state index in [0.29, 0.717) is 17.0 Å². The molecule has 0 fully saturated rings. The van der Waals surface area contributed by atoms with Gasteiger partial charge in [0.2, 0.25) is 0 Å². The van der Waals surface area contributed by atoms with E-state index in [2.05, 4.69) is 0 Å². The Labute approximate surface area is 310 Å². The summed E-state index contributed by atoms with van der Waals surface area (Å²) in [6, 6.07) is 25.7. The second-order valence-electron chi connectivity index (χ2n) is 11.7. The molecule has 0 unspecified atom stereocenters. The number of hydrogen-bond acceptors (Lipinski definition) is 3. The molecule has 0 atom stereocenters. The maximum Gasteiger partial charge on any atom is 0.162 e. The molecular formula is C46H29N3S. The fraction of sp³-hybridized carbons (Fsp3) is 0. The number of aromatic nitrogens is 3. The number of fused-ring (bicyclic) bond motifs is 6. The second kappa shape index (κ2) is 11.7. The first-order valence-corrected chi connectivity index (χ1v) is 16.7. The molecule has 0 aliphatic carbocycles. The summed E-state index contributed by atoms with van der Waals surface area (Å²) < 4.78 is 110. The Hall–Kier alpha value is -6.36. The Kier molecular flexibility index (Phi) is 4.43. The number of thiophene rings is 1. The lowest BCUT2D eigenvalue weighted by Gasteiger charge is -2.13. The van der Waals surface area contributed by atoms with Crippen molar-refractivity contribution >= 4 is 53.3 Å². The molecule has 0 bridgehead atoms. The standard InChI is InChI=1S/C46H29N3S/c1-3-13-30(14-4-1)31-25-27-32(28-26-31)40-29-41(38-21-12-20-37-35-18-8-10-24-43(35)50-45(37)38)48-46(47-40)39-22-11-19-36-34-17-7-9-23-42(34)49(44(36)39)33-15-5-2-6-16-33/h1-29H/i2D,5D,6D,7D,9D,11D,15D,16D,17D,19D,22D,23D. The van der Waals surface area contributed by atoms with Crippen LogP contribution in [0.4, 0.5) is 0 Å². The van der Waals surface area contributed by atoms with Crippen LogP contribution in [0.3, 0.4) is 0 Å². The molecule has 4 heteroatoms. The summed E-state index contributed by atoms with van der Waals surface area (Å²) in [6.07, 6.45) is 0. The van der Waals surface area contributed by atoms with Crippen LogP contribution in [0.25, 0.3) is 92.7 Å². The van der Waals surface area contributed by atoms with Gasteiger partial charge < -0.3 is 4.57 Å². The Morgan fingerprint density at radius 1 is 0.500 bits per heavy atom. The fourth-order valence-corrected chi connectivity index (χ4v) is 7.79. The fourth-order valence-electron chi connectivity index (χ4n) is 6.57. The number of hydrogen-bond donors (Lipinski definition) is 0. The summed E-state index contributed by atoms with van der Waals surface area (Å²) in [7, 11) is 0. The van der Waals surface area contributed by atoms with Gasteiger partial charge in [-0.05, 0) is 47.4 Å². The average molecular weight is 668 g/mol. The quantitative estimate of drug-likeness (QED) is 0.183. The Morgan fingerprint density at radius 2 is 1.20 bits per heavy atom. The minimum absolute atomic E-state index is 0.113. The van der Waals surface area contributed by atoms with Gasteiger partial charge in [0.25, 0.3) is 0 Å². The molecular weight excluding hydrogens is 627 g/mol. The van der Waals surface area contributed by atoms with Crippen molar-refractivity contribution in [1.29, 1.82) is 0 Å². The molecule has 0 spiro atoms. The van der Waals surface area contributed by atoms with Crippen LogP contribution in [-0.2, 0) is 0 Å².